The van der Waals surface area contributed by atoms with Crippen LogP contribution in [0.5, 0.6) is 0 Å². The predicted molar refractivity (Wildman–Crippen MR) is 89.9 cm³/mol. The van der Waals surface area contributed by atoms with Gasteiger partial charge in [0.25, 0.3) is 5.69 Å². The molecule has 0 bridgehead atoms. The fourth-order valence-corrected chi connectivity index (χ4v) is 2.14. The molecule has 8 heteroatoms. The molecule has 8 nitrogen and oxygen atoms in total. The molecule has 1 aromatic carbocycles. The van der Waals surface area contributed by atoms with Crippen LogP contribution in [0.2, 0.25) is 0 Å². The van der Waals surface area contributed by atoms with Gasteiger partial charge in [0.15, 0.2) is 0 Å². The lowest BCUT2D eigenvalue weighted by atomic mass is 10.1. The van der Waals surface area contributed by atoms with Crippen molar-refractivity contribution in [2.75, 3.05) is 11.9 Å². The van der Waals surface area contributed by atoms with Gasteiger partial charge >= 0.3 is 5.97 Å². The summed E-state index contributed by atoms with van der Waals surface area (Å²) in [5, 5.41) is 25.1. The Balaban J connectivity index is 2.46. The van der Waals surface area contributed by atoms with Crippen LogP contribution in [-0.2, 0) is 9.59 Å². The highest BCUT2D eigenvalue weighted by Crippen LogP contribution is 2.15. The predicted octanol–water partition coefficient (Wildman–Crippen LogP) is 2.55. The van der Waals surface area contributed by atoms with Crippen molar-refractivity contribution in [2.24, 2.45) is 0 Å². The van der Waals surface area contributed by atoms with E-state index in [1.807, 2.05) is 0 Å². The van der Waals surface area contributed by atoms with E-state index < -0.39 is 22.8 Å². The molecule has 0 heterocycles. The van der Waals surface area contributed by atoms with E-state index in [0.29, 0.717) is 12.2 Å². The lowest BCUT2D eigenvalue weighted by molar-refractivity contribution is -0.384. The first-order chi connectivity index (χ1) is 11.4. The van der Waals surface area contributed by atoms with Crippen molar-refractivity contribution in [1.82, 2.24) is 5.32 Å². The van der Waals surface area contributed by atoms with Crippen molar-refractivity contribution < 1.29 is 19.6 Å². The van der Waals surface area contributed by atoms with Crippen LogP contribution in [0.3, 0.4) is 0 Å². The highest BCUT2D eigenvalue weighted by Gasteiger charge is 2.20. The number of nitrogens with one attached hydrogen (secondary N) is 2. The number of aliphatic carboxylic acids is 1. The Morgan fingerprint density at radius 3 is 2.42 bits per heavy atom. The molecule has 0 fully saturated rings. The molecule has 0 saturated heterocycles. The lowest BCUT2D eigenvalue weighted by Crippen LogP contribution is -2.40. The monoisotopic (exact) mass is 337 g/mol. The molecule has 1 atom stereocenters. The van der Waals surface area contributed by atoms with E-state index in [4.69, 9.17) is 0 Å². The number of anilines is 1. The first kappa shape index (κ1) is 19.6. The molecule has 132 valence electrons. The fourth-order valence-electron chi connectivity index (χ4n) is 2.14. The Kier molecular flexibility index (Phi) is 8.42. The number of amides is 1. The second kappa shape index (κ2) is 10.3. The number of carbonyl (C=O) groups excluding carboxylic acids is 1. The molecular weight excluding hydrogens is 314 g/mol. The van der Waals surface area contributed by atoms with E-state index in [1.54, 1.807) is 0 Å². The zero-order valence-electron chi connectivity index (χ0n) is 13.7. The lowest BCUT2D eigenvalue weighted by Gasteiger charge is -2.14. The van der Waals surface area contributed by atoms with Gasteiger partial charge in [0.05, 0.1) is 11.3 Å². The molecule has 0 aliphatic heterocycles. The van der Waals surface area contributed by atoms with E-state index in [1.165, 1.54) is 24.3 Å². The van der Waals surface area contributed by atoms with Gasteiger partial charge < -0.3 is 15.7 Å². The molecule has 1 amide bonds. The molecule has 1 rings (SSSR count). The number of nitro benzene ring substituents is 1. The Hall–Kier alpha value is -2.48. The van der Waals surface area contributed by atoms with Gasteiger partial charge in [-0.25, -0.2) is 0 Å². The number of non-ortho nitro benzene ring substituents is 1. The molecule has 1 aromatic rings. The summed E-state index contributed by atoms with van der Waals surface area (Å²) in [7, 11) is 0. The number of unbranched alkanes of at least 4 members (excludes halogenated alkanes) is 3. The SMILES string of the molecule is CCCCCCNC(CC(=O)Nc1ccc([N+](=O)[O-])cc1)C(=O)O. The molecule has 0 aromatic heterocycles. The number of carboxylic acid groups (broad SMARTS) is 1. The summed E-state index contributed by atoms with van der Waals surface area (Å²) in [6.07, 6.45) is 3.87. The minimum absolute atomic E-state index is 0.0786. The minimum Gasteiger partial charge on any atom is -0.480 e. The second-order valence-electron chi connectivity index (χ2n) is 5.46. The summed E-state index contributed by atoms with van der Waals surface area (Å²) in [5.41, 5.74) is 0.308. The second-order valence-corrected chi connectivity index (χ2v) is 5.46. The molecular formula is C16H23N3O5. The van der Waals surface area contributed by atoms with E-state index in [-0.39, 0.29) is 12.1 Å². The quantitative estimate of drug-likeness (QED) is 0.324. The van der Waals surface area contributed by atoms with Crippen LogP contribution in [-0.4, -0.2) is 34.5 Å². The number of carboxylic acids is 1. The van der Waals surface area contributed by atoms with Crippen molar-refractivity contribution in [3.63, 3.8) is 0 Å². The van der Waals surface area contributed by atoms with Crippen molar-refractivity contribution in [1.29, 1.82) is 0 Å². The van der Waals surface area contributed by atoms with Gasteiger partial charge in [0.2, 0.25) is 5.91 Å². The van der Waals surface area contributed by atoms with Gasteiger partial charge in [-0.15, -0.1) is 0 Å². The topological polar surface area (TPSA) is 122 Å². The average molecular weight is 337 g/mol. The molecule has 0 aliphatic carbocycles. The molecule has 24 heavy (non-hydrogen) atoms. The Morgan fingerprint density at radius 1 is 1.21 bits per heavy atom. The highest BCUT2D eigenvalue weighted by atomic mass is 16.6. The number of carbonyl (C=O) groups is 2. The molecule has 1 unspecified atom stereocenters. The number of nitro groups is 1. The van der Waals surface area contributed by atoms with E-state index >= 15 is 0 Å². The smallest absolute Gasteiger partial charge is 0.321 e. The molecule has 0 aliphatic rings. The number of hydrogen-bond acceptors (Lipinski definition) is 5. The summed E-state index contributed by atoms with van der Waals surface area (Å²) >= 11 is 0. The van der Waals surface area contributed by atoms with Crippen LogP contribution in [0.25, 0.3) is 0 Å². The average Bonchev–Trinajstić information content (AvgIpc) is 2.53. The summed E-state index contributed by atoms with van der Waals surface area (Å²) in [5.74, 6) is -1.54. The summed E-state index contributed by atoms with van der Waals surface area (Å²) in [4.78, 5) is 33.2. The number of hydrogen-bond donors (Lipinski definition) is 3. The standard InChI is InChI=1S/C16H23N3O5/c1-2-3-4-5-10-17-14(16(21)22)11-15(20)18-12-6-8-13(9-7-12)19(23)24/h6-9,14,17H,2-5,10-11H2,1H3,(H,18,20)(H,21,22). The van der Waals surface area contributed by atoms with Crippen molar-refractivity contribution >= 4 is 23.3 Å². The third-order valence-corrected chi connectivity index (χ3v) is 3.47. The maximum Gasteiger partial charge on any atom is 0.321 e. The van der Waals surface area contributed by atoms with Crippen molar-refractivity contribution in [3.8, 4) is 0 Å². The maximum absolute atomic E-state index is 11.9. The normalized spacial score (nSPS) is 11.7. The number of benzene rings is 1. The summed E-state index contributed by atoms with van der Waals surface area (Å²) in [6.45, 7) is 2.64. The first-order valence-corrected chi connectivity index (χ1v) is 7.94. The highest BCUT2D eigenvalue weighted by molar-refractivity contribution is 5.94. The van der Waals surface area contributed by atoms with Gasteiger partial charge in [0, 0.05) is 17.8 Å². The van der Waals surface area contributed by atoms with Crippen LogP contribution < -0.4 is 10.6 Å². The van der Waals surface area contributed by atoms with Gasteiger partial charge in [-0.05, 0) is 25.1 Å². The fraction of sp³-hybridized carbons (Fsp3) is 0.500. The number of nitrogens with zero attached hydrogens (tertiary/aromatic N) is 1. The first-order valence-electron chi connectivity index (χ1n) is 7.94. The minimum atomic E-state index is -1.08. The Morgan fingerprint density at radius 2 is 1.88 bits per heavy atom. The zero-order chi connectivity index (χ0) is 17.9. The largest absolute Gasteiger partial charge is 0.480 e. The summed E-state index contributed by atoms with van der Waals surface area (Å²) < 4.78 is 0. The van der Waals surface area contributed by atoms with E-state index in [9.17, 15) is 24.8 Å². The maximum atomic E-state index is 11.9. The van der Waals surface area contributed by atoms with Crippen LogP contribution in [0.4, 0.5) is 11.4 Å². The Labute approximate surface area is 140 Å². The third kappa shape index (κ3) is 7.19. The van der Waals surface area contributed by atoms with Crippen LogP contribution >= 0.6 is 0 Å². The van der Waals surface area contributed by atoms with Crippen molar-refractivity contribution in [2.45, 2.75) is 45.1 Å². The molecule has 0 saturated carbocycles. The van der Waals surface area contributed by atoms with Gasteiger partial charge in [-0.2, -0.15) is 0 Å². The summed E-state index contributed by atoms with van der Waals surface area (Å²) in [6, 6.07) is 4.41. The van der Waals surface area contributed by atoms with E-state index in [2.05, 4.69) is 17.6 Å². The van der Waals surface area contributed by atoms with Crippen LogP contribution in [0.1, 0.15) is 39.0 Å². The van der Waals surface area contributed by atoms with Crippen LogP contribution in [0.15, 0.2) is 24.3 Å². The Bertz CT molecular complexity index is 559. The van der Waals surface area contributed by atoms with Gasteiger partial charge in [-0.3, -0.25) is 19.7 Å². The van der Waals surface area contributed by atoms with Crippen molar-refractivity contribution in [3.05, 3.63) is 34.4 Å². The zero-order valence-corrected chi connectivity index (χ0v) is 13.7. The van der Waals surface area contributed by atoms with Crippen LogP contribution in [0, 0.1) is 10.1 Å². The molecule has 0 spiro atoms. The van der Waals surface area contributed by atoms with Gasteiger partial charge in [-0.1, -0.05) is 26.2 Å². The molecule has 3 N–H and O–H groups in total. The molecule has 0 radical (unpaired) electrons. The van der Waals surface area contributed by atoms with E-state index in [0.717, 1.165) is 25.7 Å². The third-order valence-electron chi connectivity index (χ3n) is 3.47. The van der Waals surface area contributed by atoms with Gasteiger partial charge in [0.1, 0.15) is 6.04 Å². The number of rotatable bonds is 11.